The average molecular weight is 281 g/mol. The number of ether oxygens (including phenoxy) is 2. The zero-order valence-corrected chi connectivity index (χ0v) is 12.5. The van der Waals surface area contributed by atoms with Crippen molar-refractivity contribution in [1.29, 1.82) is 0 Å². The molecule has 1 aromatic rings. The molecule has 1 atom stereocenters. The second-order valence-corrected chi connectivity index (χ2v) is 5.15. The molecule has 0 heterocycles. The first kappa shape index (κ1) is 15.9. The van der Waals surface area contributed by atoms with Gasteiger partial charge >= 0.3 is 0 Å². The number of thiocarbonyl (C=S) groups is 1. The fourth-order valence-corrected chi connectivity index (χ4v) is 1.93. The Balaban J connectivity index is 2.17. The van der Waals surface area contributed by atoms with Crippen LogP contribution in [0.25, 0.3) is 0 Å². The smallest absolute Gasteiger partial charge is 0.119 e. The van der Waals surface area contributed by atoms with Gasteiger partial charge in [0, 0.05) is 12.2 Å². The van der Waals surface area contributed by atoms with Gasteiger partial charge in [0.15, 0.2) is 0 Å². The summed E-state index contributed by atoms with van der Waals surface area (Å²) in [7, 11) is 0. The summed E-state index contributed by atoms with van der Waals surface area (Å²) < 4.78 is 11.1. The van der Waals surface area contributed by atoms with Crippen LogP contribution in [0.3, 0.4) is 0 Å². The van der Waals surface area contributed by atoms with Crippen LogP contribution in [-0.4, -0.2) is 24.8 Å². The van der Waals surface area contributed by atoms with Gasteiger partial charge in [0.1, 0.15) is 17.3 Å². The molecule has 1 rings (SSSR count). The first-order valence-electron chi connectivity index (χ1n) is 6.74. The van der Waals surface area contributed by atoms with E-state index in [-0.39, 0.29) is 0 Å². The predicted octanol–water partition coefficient (Wildman–Crippen LogP) is 3.15. The van der Waals surface area contributed by atoms with Gasteiger partial charge in [-0.05, 0) is 36.6 Å². The molecule has 4 heteroatoms. The molecule has 1 unspecified atom stereocenters. The molecular formula is C15H23NO2S. The van der Waals surface area contributed by atoms with Crippen molar-refractivity contribution < 1.29 is 9.47 Å². The number of rotatable bonds is 9. The minimum Gasteiger partial charge on any atom is -0.491 e. The Kier molecular flexibility index (Phi) is 7.45. The van der Waals surface area contributed by atoms with Crippen LogP contribution in [0.2, 0.25) is 0 Å². The lowest BCUT2D eigenvalue weighted by Crippen LogP contribution is -2.12. The molecule has 0 aromatic heterocycles. The molecule has 0 aliphatic heterocycles. The number of hydrogen-bond donors (Lipinski definition) is 1. The standard InChI is InChI=1S/C15H23NO2S/c1-3-4-12(2)11-17-9-10-18-14-7-5-13(6-8-14)15(16)19/h5-8,12H,3-4,9-11H2,1-2H3,(H2,16,19). The maximum absolute atomic E-state index is 5.57. The molecule has 0 bridgehead atoms. The SMILES string of the molecule is CCCC(C)COCCOc1ccc(C(N)=S)cc1. The van der Waals surface area contributed by atoms with E-state index in [1.54, 1.807) is 0 Å². The Morgan fingerprint density at radius 3 is 2.53 bits per heavy atom. The summed E-state index contributed by atoms with van der Waals surface area (Å²) in [6.45, 7) is 6.38. The second-order valence-electron chi connectivity index (χ2n) is 4.71. The maximum Gasteiger partial charge on any atom is 0.119 e. The molecule has 0 aliphatic carbocycles. The van der Waals surface area contributed by atoms with Gasteiger partial charge in [-0.15, -0.1) is 0 Å². The van der Waals surface area contributed by atoms with Gasteiger partial charge in [-0.25, -0.2) is 0 Å². The molecule has 106 valence electrons. The Bertz CT molecular complexity index is 378. The monoisotopic (exact) mass is 281 g/mol. The molecule has 1 aromatic carbocycles. The highest BCUT2D eigenvalue weighted by molar-refractivity contribution is 7.80. The van der Waals surface area contributed by atoms with E-state index in [1.165, 1.54) is 12.8 Å². The first-order valence-corrected chi connectivity index (χ1v) is 7.14. The van der Waals surface area contributed by atoms with Crippen LogP contribution in [0.4, 0.5) is 0 Å². The van der Waals surface area contributed by atoms with Crippen molar-refractivity contribution in [3.05, 3.63) is 29.8 Å². The van der Waals surface area contributed by atoms with E-state index in [4.69, 9.17) is 27.4 Å². The molecule has 0 fully saturated rings. The molecule has 0 saturated carbocycles. The van der Waals surface area contributed by atoms with Crippen molar-refractivity contribution in [1.82, 2.24) is 0 Å². The summed E-state index contributed by atoms with van der Waals surface area (Å²) >= 11 is 4.89. The van der Waals surface area contributed by atoms with E-state index in [9.17, 15) is 0 Å². The Hall–Kier alpha value is -1.13. The van der Waals surface area contributed by atoms with Gasteiger partial charge in [0.2, 0.25) is 0 Å². The van der Waals surface area contributed by atoms with Crippen molar-refractivity contribution >= 4 is 17.2 Å². The summed E-state index contributed by atoms with van der Waals surface area (Å²) in [4.78, 5) is 0.403. The number of benzene rings is 1. The highest BCUT2D eigenvalue weighted by atomic mass is 32.1. The Morgan fingerprint density at radius 1 is 1.26 bits per heavy atom. The largest absolute Gasteiger partial charge is 0.491 e. The van der Waals surface area contributed by atoms with Gasteiger partial charge in [-0.1, -0.05) is 32.5 Å². The highest BCUT2D eigenvalue weighted by Crippen LogP contribution is 2.12. The number of nitrogens with two attached hydrogens (primary N) is 1. The zero-order valence-electron chi connectivity index (χ0n) is 11.7. The third kappa shape index (κ3) is 6.55. The molecule has 0 spiro atoms. The van der Waals surface area contributed by atoms with E-state index in [0.717, 1.165) is 17.9 Å². The lowest BCUT2D eigenvalue weighted by molar-refractivity contribution is 0.0758. The fourth-order valence-electron chi connectivity index (χ4n) is 1.79. The Morgan fingerprint density at radius 2 is 1.95 bits per heavy atom. The summed E-state index contributed by atoms with van der Waals surface area (Å²) in [6, 6.07) is 7.46. The van der Waals surface area contributed by atoms with Crippen LogP contribution in [0.15, 0.2) is 24.3 Å². The molecule has 0 radical (unpaired) electrons. The van der Waals surface area contributed by atoms with Gasteiger partial charge in [-0.3, -0.25) is 0 Å². The minimum absolute atomic E-state index is 0.403. The van der Waals surface area contributed by atoms with Crippen LogP contribution in [0.1, 0.15) is 32.3 Å². The maximum atomic E-state index is 5.57. The average Bonchev–Trinajstić information content (AvgIpc) is 2.39. The van der Waals surface area contributed by atoms with E-state index in [2.05, 4.69) is 13.8 Å². The van der Waals surface area contributed by atoms with Crippen molar-refractivity contribution in [2.75, 3.05) is 19.8 Å². The molecule has 0 amide bonds. The van der Waals surface area contributed by atoms with E-state index >= 15 is 0 Å². The molecule has 2 N–H and O–H groups in total. The molecule has 0 aliphatic rings. The van der Waals surface area contributed by atoms with Crippen LogP contribution in [0.5, 0.6) is 5.75 Å². The minimum atomic E-state index is 0.403. The van der Waals surface area contributed by atoms with E-state index in [1.807, 2.05) is 24.3 Å². The first-order chi connectivity index (χ1) is 9.13. The molecule has 3 nitrogen and oxygen atoms in total. The van der Waals surface area contributed by atoms with E-state index in [0.29, 0.717) is 24.1 Å². The van der Waals surface area contributed by atoms with Crippen LogP contribution < -0.4 is 10.5 Å². The van der Waals surface area contributed by atoms with Crippen molar-refractivity contribution in [2.45, 2.75) is 26.7 Å². The third-order valence-corrected chi connectivity index (χ3v) is 3.05. The highest BCUT2D eigenvalue weighted by Gasteiger charge is 2.01. The van der Waals surface area contributed by atoms with Crippen LogP contribution in [0, 0.1) is 5.92 Å². The predicted molar refractivity (Wildman–Crippen MR) is 82.7 cm³/mol. The van der Waals surface area contributed by atoms with Gasteiger partial charge in [-0.2, -0.15) is 0 Å². The third-order valence-electron chi connectivity index (χ3n) is 2.82. The van der Waals surface area contributed by atoms with E-state index < -0.39 is 0 Å². The summed E-state index contributed by atoms with van der Waals surface area (Å²) in [5.74, 6) is 1.43. The quantitative estimate of drug-likeness (QED) is 0.558. The van der Waals surface area contributed by atoms with Crippen molar-refractivity contribution in [2.24, 2.45) is 11.7 Å². The zero-order chi connectivity index (χ0) is 14.1. The normalized spacial score (nSPS) is 12.1. The summed E-state index contributed by atoms with van der Waals surface area (Å²) in [5.41, 5.74) is 6.38. The summed E-state index contributed by atoms with van der Waals surface area (Å²) in [6.07, 6.45) is 2.41. The molecular weight excluding hydrogens is 258 g/mol. The van der Waals surface area contributed by atoms with Crippen molar-refractivity contribution in [3.63, 3.8) is 0 Å². The second kappa shape index (κ2) is 8.88. The van der Waals surface area contributed by atoms with Gasteiger partial charge < -0.3 is 15.2 Å². The van der Waals surface area contributed by atoms with Crippen LogP contribution in [-0.2, 0) is 4.74 Å². The Labute approximate surface area is 121 Å². The van der Waals surface area contributed by atoms with Gasteiger partial charge in [0.25, 0.3) is 0 Å². The fraction of sp³-hybridized carbons (Fsp3) is 0.533. The lowest BCUT2D eigenvalue weighted by Gasteiger charge is -2.11. The van der Waals surface area contributed by atoms with Crippen LogP contribution >= 0.6 is 12.2 Å². The lowest BCUT2D eigenvalue weighted by atomic mass is 10.1. The molecule has 0 saturated heterocycles. The topological polar surface area (TPSA) is 44.5 Å². The number of hydrogen-bond acceptors (Lipinski definition) is 3. The van der Waals surface area contributed by atoms with Crippen molar-refractivity contribution in [3.8, 4) is 5.75 Å². The summed E-state index contributed by atoms with van der Waals surface area (Å²) in [5, 5.41) is 0. The van der Waals surface area contributed by atoms with Gasteiger partial charge in [0.05, 0.1) is 6.61 Å². The molecule has 19 heavy (non-hydrogen) atoms.